The molecule has 89 valence electrons. The van der Waals surface area contributed by atoms with Crippen LogP contribution in [0.5, 0.6) is 0 Å². The zero-order chi connectivity index (χ0) is 11.4. The lowest BCUT2D eigenvalue weighted by atomic mass is 10.1. The number of esters is 1. The van der Waals surface area contributed by atoms with E-state index in [1.54, 1.807) is 0 Å². The van der Waals surface area contributed by atoms with Crippen LogP contribution in [0.3, 0.4) is 0 Å². The Balaban J connectivity index is 2.95. The molecule has 0 bridgehead atoms. The molecule has 0 aliphatic carbocycles. The van der Waals surface area contributed by atoms with Gasteiger partial charge in [0.2, 0.25) is 0 Å². The average Bonchev–Trinajstić information content (AvgIpc) is 2.26. The van der Waals surface area contributed by atoms with E-state index in [9.17, 15) is 4.79 Å². The quantitative estimate of drug-likeness (QED) is 0.401. The lowest BCUT2D eigenvalue weighted by molar-refractivity contribution is -0.138. The number of rotatable bonds is 10. The first-order valence-corrected chi connectivity index (χ1v) is 6.26. The van der Waals surface area contributed by atoms with Crippen molar-refractivity contribution < 1.29 is 9.53 Å². The van der Waals surface area contributed by atoms with Crippen molar-refractivity contribution in [3.05, 3.63) is 7.11 Å². The summed E-state index contributed by atoms with van der Waals surface area (Å²) < 4.78 is 4.33. The van der Waals surface area contributed by atoms with Gasteiger partial charge in [-0.25, -0.2) is 0 Å². The van der Waals surface area contributed by atoms with Crippen molar-refractivity contribution in [2.75, 3.05) is 0 Å². The lowest BCUT2D eigenvalue weighted by Crippen LogP contribution is -1.97. The SMILES string of the molecule is [CH2]OC(=O)CCCCCCCCCCC. The van der Waals surface area contributed by atoms with Crippen molar-refractivity contribution >= 4 is 5.97 Å². The number of carbonyl (C=O) groups excluding carboxylic acids is 1. The average molecular weight is 213 g/mol. The van der Waals surface area contributed by atoms with Crippen LogP contribution in [0.4, 0.5) is 0 Å². The summed E-state index contributed by atoms with van der Waals surface area (Å²) in [5.41, 5.74) is 0. The van der Waals surface area contributed by atoms with Gasteiger partial charge in [-0.15, -0.1) is 0 Å². The number of unbranched alkanes of at least 4 members (excludes halogenated alkanes) is 8. The van der Waals surface area contributed by atoms with Gasteiger partial charge in [-0.3, -0.25) is 4.79 Å². The molecular formula is C13H25O2. The van der Waals surface area contributed by atoms with Crippen LogP contribution in [0.15, 0.2) is 0 Å². The molecule has 2 heteroatoms. The van der Waals surface area contributed by atoms with Gasteiger partial charge in [0.25, 0.3) is 0 Å². The Hall–Kier alpha value is -0.530. The van der Waals surface area contributed by atoms with Gasteiger partial charge in [-0.2, -0.15) is 0 Å². The monoisotopic (exact) mass is 213 g/mol. The highest BCUT2D eigenvalue weighted by atomic mass is 16.5. The van der Waals surface area contributed by atoms with Gasteiger partial charge < -0.3 is 4.74 Å². The van der Waals surface area contributed by atoms with E-state index in [4.69, 9.17) is 0 Å². The molecule has 0 unspecified atom stereocenters. The van der Waals surface area contributed by atoms with Crippen molar-refractivity contribution in [1.29, 1.82) is 0 Å². The third-order valence-corrected chi connectivity index (χ3v) is 2.65. The van der Waals surface area contributed by atoms with Crippen LogP contribution in [0.1, 0.15) is 71.1 Å². The molecule has 2 nitrogen and oxygen atoms in total. The maximum Gasteiger partial charge on any atom is 0.305 e. The largest absolute Gasteiger partial charge is 0.462 e. The van der Waals surface area contributed by atoms with Gasteiger partial charge in [0, 0.05) is 6.42 Å². The highest BCUT2D eigenvalue weighted by Gasteiger charge is 1.98. The predicted molar refractivity (Wildman–Crippen MR) is 63.3 cm³/mol. The summed E-state index contributed by atoms with van der Waals surface area (Å²) in [5, 5.41) is 0. The maximum atomic E-state index is 10.7. The first-order chi connectivity index (χ1) is 7.31. The molecule has 0 rings (SSSR count). The molecule has 0 aliphatic heterocycles. The van der Waals surface area contributed by atoms with Crippen molar-refractivity contribution in [2.45, 2.75) is 71.1 Å². The fourth-order valence-corrected chi connectivity index (χ4v) is 1.65. The summed E-state index contributed by atoms with van der Waals surface area (Å²) in [6.45, 7) is 2.24. The minimum atomic E-state index is -0.182. The Morgan fingerprint density at radius 1 is 0.933 bits per heavy atom. The van der Waals surface area contributed by atoms with Gasteiger partial charge in [-0.05, 0) is 6.42 Å². The van der Waals surface area contributed by atoms with Crippen LogP contribution in [0.25, 0.3) is 0 Å². The van der Waals surface area contributed by atoms with E-state index in [2.05, 4.69) is 18.8 Å². The summed E-state index contributed by atoms with van der Waals surface area (Å²) in [6, 6.07) is 0. The Morgan fingerprint density at radius 3 is 1.87 bits per heavy atom. The van der Waals surface area contributed by atoms with Gasteiger partial charge >= 0.3 is 5.97 Å². The van der Waals surface area contributed by atoms with Crippen LogP contribution in [-0.2, 0) is 9.53 Å². The first-order valence-electron chi connectivity index (χ1n) is 6.26. The predicted octanol–water partition coefficient (Wildman–Crippen LogP) is 4.24. The molecule has 0 atom stereocenters. The van der Waals surface area contributed by atoms with E-state index in [1.807, 2.05) is 0 Å². The maximum absolute atomic E-state index is 10.7. The second kappa shape index (κ2) is 11.5. The van der Waals surface area contributed by atoms with Crippen LogP contribution in [0, 0.1) is 7.11 Å². The molecule has 0 N–H and O–H groups in total. The topological polar surface area (TPSA) is 26.3 Å². The van der Waals surface area contributed by atoms with Crippen LogP contribution in [-0.4, -0.2) is 5.97 Å². The molecule has 0 amide bonds. The molecule has 0 saturated carbocycles. The molecule has 0 saturated heterocycles. The van der Waals surface area contributed by atoms with Crippen LogP contribution in [0.2, 0.25) is 0 Å². The number of carbonyl (C=O) groups is 1. The van der Waals surface area contributed by atoms with Gasteiger partial charge in [0.05, 0.1) is 0 Å². The zero-order valence-corrected chi connectivity index (χ0v) is 10.1. The Bertz CT molecular complexity index is 143. The van der Waals surface area contributed by atoms with E-state index in [1.165, 1.54) is 44.9 Å². The van der Waals surface area contributed by atoms with Crippen LogP contribution < -0.4 is 0 Å². The Labute approximate surface area is 94.4 Å². The zero-order valence-electron chi connectivity index (χ0n) is 10.1. The van der Waals surface area contributed by atoms with E-state index in [-0.39, 0.29) is 5.97 Å². The smallest absolute Gasteiger partial charge is 0.305 e. The van der Waals surface area contributed by atoms with E-state index in [0.717, 1.165) is 12.8 Å². The lowest BCUT2D eigenvalue weighted by Gasteiger charge is -2.01. The summed E-state index contributed by atoms with van der Waals surface area (Å²) in [4.78, 5) is 10.7. The van der Waals surface area contributed by atoms with Gasteiger partial charge in [-0.1, -0.05) is 58.3 Å². The third-order valence-electron chi connectivity index (χ3n) is 2.65. The molecule has 0 fully saturated rings. The number of hydrogen-bond donors (Lipinski definition) is 0. The van der Waals surface area contributed by atoms with E-state index < -0.39 is 0 Å². The number of ether oxygens (including phenoxy) is 1. The highest BCUT2D eigenvalue weighted by molar-refractivity contribution is 5.69. The minimum Gasteiger partial charge on any atom is -0.462 e. The first kappa shape index (κ1) is 14.5. The normalized spacial score (nSPS) is 10.3. The van der Waals surface area contributed by atoms with E-state index >= 15 is 0 Å². The number of hydrogen-bond acceptors (Lipinski definition) is 2. The summed E-state index contributed by atoms with van der Waals surface area (Å²) in [7, 11) is 3.09. The minimum absolute atomic E-state index is 0.182. The molecule has 0 aromatic rings. The molecule has 0 aromatic carbocycles. The molecule has 15 heavy (non-hydrogen) atoms. The second-order valence-electron chi connectivity index (χ2n) is 4.09. The van der Waals surface area contributed by atoms with Crippen molar-refractivity contribution in [3.63, 3.8) is 0 Å². The molecule has 1 radical (unpaired) electrons. The second-order valence-corrected chi connectivity index (χ2v) is 4.09. The van der Waals surface area contributed by atoms with Gasteiger partial charge in [0.15, 0.2) is 0 Å². The molecule has 0 aliphatic rings. The molecular weight excluding hydrogens is 188 g/mol. The van der Waals surface area contributed by atoms with Crippen molar-refractivity contribution in [2.24, 2.45) is 0 Å². The van der Waals surface area contributed by atoms with E-state index in [0.29, 0.717) is 6.42 Å². The van der Waals surface area contributed by atoms with Crippen molar-refractivity contribution in [1.82, 2.24) is 0 Å². The summed E-state index contributed by atoms with van der Waals surface area (Å²) in [6.07, 6.45) is 12.0. The molecule has 0 heterocycles. The van der Waals surface area contributed by atoms with Gasteiger partial charge in [0.1, 0.15) is 7.11 Å². The summed E-state index contributed by atoms with van der Waals surface area (Å²) >= 11 is 0. The molecule has 0 aromatic heterocycles. The third kappa shape index (κ3) is 11.4. The fourth-order valence-electron chi connectivity index (χ4n) is 1.65. The van der Waals surface area contributed by atoms with Crippen LogP contribution >= 0.6 is 0 Å². The standard InChI is InChI=1S/C13H25O2/c1-3-4-5-6-7-8-9-10-11-12-13(14)15-2/h2-12H2,1H3. The summed E-state index contributed by atoms with van der Waals surface area (Å²) in [5.74, 6) is -0.182. The molecule has 0 spiro atoms. The Morgan fingerprint density at radius 2 is 1.40 bits per heavy atom. The van der Waals surface area contributed by atoms with Crippen molar-refractivity contribution in [3.8, 4) is 0 Å². The Kier molecular flexibility index (Phi) is 11.1. The highest BCUT2D eigenvalue weighted by Crippen LogP contribution is 2.10. The fraction of sp³-hybridized carbons (Fsp3) is 0.846.